The number of imidazole rings is 1. The van der Waals surface area contributed by atoms with E-state index in [1.54, 1.807) is 6.92 Å². The van der Waals surface area contributed by atoms with E-state index < -0.39 is 10.0 Å². The first-order valence-electron chi connectivity index (χ1n) is 6.53. The summed E-state index contributed by atoms with van der Waals surface area (Å²) in [6.07, 6.45) is 2.01. The standard InChI is InChI=1S/C14H19N3O2S/c1-4-13(12-7-5-10(2)6-8-12)17-20(18,19)14-9-15-11(3)16-14/h5-9,13,17H,4H2,1-3H3,(H,15,16). The van der Waals surface area contributed by atoms with Crippen LogP contribution < -0.4 is 4.72 Å². The molecule has 0 amide bonds. The largest absolute Gasteiger partial charge is 0.332 e. The van der Waals surface area contributed by atoms with E-state index in [2.05, 4.69) is 14.7 Å². The Bertz CT molecular complexity index is 675. The number of nitrogens with one attached hydrogen (secondary N) is 2. The predicted molar refractivity (Wildman–Crippen MR) is 77.9 cm³/mol. The van der Waals surface area contributed by atoms with E-state index in [9.17, 15) is 8.42 Å². The highest BCUT2D eigenvalue weighted by Gasteiger charge is 2.21. The van der Waals surface area contributed by atoms with Crippen LogP contribution in [0.3, 0.4) is 0 Å². The van der Waals surface area contributed by atoms with Gasteiger partial charge in [-0.3, -0.25) is 0 Å². The van der Waals surface area contributed by atoms with E-state index in [1.807, 2.05) is 38.1 Å². The van der Waals surface area contributed by atoms with Gasteiger partial charge in [-0.25, -0.2) is 18.1 Å². The molecule has 1 aromatic heterocycles. The molecule has 2 N–H and O–H groups in total. The summed E-state index contributed by atoms with van der Waals surface area (Å²) in [6.45, 7) is 5.67. The normalized spacial score (nSPS) is 13.3. The number of sulfonamides is 1. The van der Waals surface area contributed by atoms with Crippen LogP contribution in [0.15, 0.2) is 35.5 Å². The highest BCUT2D eigenvalue weighted by atomic mass is 32.2. The molecule has 6 heteroatoms. The Balaban J connectivity index is 2.24. The summed E-state index contributed by atoms with van der Waals surface area (Å²) < 4.78 is 27.3. The van der Waals surface area contributed by atoms with Crippen molar-refractivity contribution in [1.82, 2.24) is 14.7 Å². The van der Waals surface area contributed by atoms with Gasteiger partial charge in [0.25, 0.3) is 10.0 Å². The lowest BCUT2D eigenvalue weighted by Gasteiger charge is -2.17. The van der Waals surface area contributed by atoms with Crippen LogP contribution >= 0.6 is 0 Å². The fourth-order valence-electron chi connectivity index (χ4n) is 1.97. The van der Waals surface area contributed by atoms with Crippen LogP contribution in [0, 0.1) is 13.8 Å². The van der Waals surface area contributed by atoms with Crippen molar-refractivity contribution in [3.8, 4) is 0 Å². The third kappa shape index (κ3) is 3.26. The van der Waals surface area contributed by atoms with Crippen molar-refractivity contribution in [2.75, 3.05) is 0 Å². The SMILES string of the molecule is CCC(NS(=O)(=O)c1cnc(C)[nH]1)c1ccc(C)cc1. The van der Waals surface area contributed by atoms with Gasteiger partial charge in [-0.05, 0) is 25.8 Å². The molecule has 1 heterocycles. The summed E-state index contributed by atoms with van der Waals surface area (Å²) >= 11 is 0. The molecular weight excluding hydrogens is 274 g/mol. The van der Waals surface area contributed by atoms with Gasteiger partial charge < -0.3 is 4.98 Å². The Morgan fingerprint density at radius 3 is 2.40 bits per heavy atom. The lowest BCUT2D eigenvalue weighted by Crippen LogP contribution is -2.28. The summed E-state index contributed by atoms with van der Waals surface area (Å²) in [7, 11) is -3.58. The summed E-state index contributed by atoms with van der Waals surface area (Å²) in [5.41, 5.74) is 2.11. The number of aromatic nitrogens is 2. The fourth-order valence-corrected chi connectivity index (χ4v) is 3.25. The van der Waals surface area contributed by atoms with Crippen molar-refractivity contribution in [1.29, 1.82) is 0 Å². The maximum Gasteiger partial charge on any atom is 0.258 e. The smallest absolute Gasteiger partial charge is 0.258 e. The van der Waals surface area contributed by atoms with Gasteiger partial charge in [0.1, 0.15) is 5.82 Å². The molecule has 108 valence electrons. The fraction of sp³-hybridized carbons (Fsp3) is 0.357. The molecule has 20 heavy (non-hydrogen) atoms. The molecule has 1 aromatic carbocycles. The van der Waals surface area contributed by atoms with Crippen LogP contribution in [0.4, 0.5) is 0 Å². The van der Waals surface area contributed by atoms with Gasteiger partial charge in [-0.15, -0.1) is 0 Å². The predicted octanol–water partition coefficient (Wildman–Crippen LogP) is 2.46. The highest BCUT2D eigenvalue weighted by Crippen LogP contribution is 2.20. The number of benzene rings is 1. The number of hydrogen-bond donors (Lipinski definition) is 2. The molecule has 0 spiro atoms. The maximum absolute atomic E-state index is 12.3. The third-order valence-corrected chi connectivity index (χ3v) is 4.54. The number of hydrogen-bond acceptors (Lipinski definition) is 3. The lowest BCUT2D eigenvalue weighted by molar-refractivity contribution is 0.547. The van der Waals surface area contributed by atoms with Gasteiger partial charge >= 0.3 is 0 Å². The van der Waals surface area contributed by atoms with Crippen molar-refractivity contribution in [2.45, 2.75) is 38.3 Å². The Labute approximate surface area is 119 Å². The zero-order valence-electron chi connectivity index (χ0n) is 11.8. The Hall–Kier alpha value is -1.66. The molecule has 1 atom stereocenters. The van der Waals surface area contributed by atoms with Gasteiger partial charge in [0.15, 0.2) is 5.03 Å². The van der Waals surface area contributed by atoms with Gasteiger partial charge in [-0.1, -0.05) is 36.8 Å². The summed E-state index contributed by atoms with van der Waals surface area (Å²) in [6, 6.07) is 7.61. The van der Waals surface area contributed by atoms with Crippen molar-refractivity contribution >= 4 is 10.0 Å². The molecule has 0 aliphatic carbocycles. The second-order valence-electron chi connectivity index (χ2n) is 4.83. The minimum atomic E-state index is -3.58. The molecule has 0 saturated heterocycles. The Morgan fingerprint density at radius 1 is 1.25 bits per heavy atom. The maximum atomic E-state index is 12.3. The third-order valence-electron chi connectivity index (χ3n) is 3.15. The lowest BCUT2D eigenvalue weighted by atomic mass is 10.0. The molecule has 0 bridgehead atoms. The first kappa shape index (κ1) is 14.7. The molecule has 5 nitrogen and oxygen atoms in total. The molecule has 0 radical (unpaired) electrons. The molecule has 2 rings (SSSR count). The van der Waals surface area contributed by atoms with Crippen LogP contribution in [0.5, 0.6) is 0 Å². The van der Waals surface area contributed by atoms with Crippen molar-refractivity contribution in [3.63, 3.8) is 0 Å². The summed E-state index contributed by atoms with van der Waals surface area (Å²) in [4.78, 5) is 6.67. The number of H-pyrrole nitrogens is 1. The van der Waals surface area contributed by atoms with Crippen LogP contribution in [-0.4, -0.2) is 18.4 Å². The molecule has 0 aliphatic heterocycles. The molecular formula is C14H19N3O2S. The van der Waals surface area contributed by atoms with E-state index in [-0.39, 0.29) is 11.1 Å². The quantitative estimate of drug-likeness (QED) is 0.889. The van der Waals surface area contributed by atoms with Gasteiger partial charge in [-0.2, -0.15) is 0 Å². The zero-order valence-corrected chi connectivity index (χ0v) is 12.7. The number of nitrogens with zero attached hydrogens (tertiary/aromatic N) is 1. The minimum absolute atomic E-state index is 0.0977. The average molecular weight is 293 g/mol. The number of aromatic amines is 1. The van der Waals surface area contributed by atoms with Crippen LogP contribution in [-0.2, 0) is 10.0 Å². The second kappa shape index (κ2) is 5.76. The summed E-state index contributed by atoms with van der Waals surface area (Å²) in [5.74, 6) is 0.578. The first-order chi connectivity index (χ1) is 9.42. The monoisotopic (exact) mass is 293 g/mol. The highest BCUT2D eigenvalue weighted by molar-refractivity contribution is 7.89. The van der Waals surface area contributed by atoms with Crippen LogP contribution in [0.2, 0.25) is 0 Å². The number of rotatable bonds is 5. The van der Waals surface area contributed by atoms with E-state index in [4.69, 9.17) is 0 Å². The average Bonchev–Trinajstić information content (AvgIpc) is 2.85. The topological polar surface area (TPSA) is 74.8 Å². The number of aryl methyl sites for hydroxylation is 2. The van der Waals surface area contributed by atoms with E-state index in [0.717, 1.165) is 11.1 Å². The van der Waals surface area contributed by atoms with Gasteiger partial charge in [0.05, 0.1) is 6.20 Å². The molecule has 0 aliphatic rings. The van der Waals surface area contributed by atoms with E-state index >= 15 is 0 Å². The summed E-state index contributed by atoms with van der Waals surface area (Å²) in [5, 5.41) is 0.0977. The van der Waals surface area contributed by atoms with Crippen LogP contribution in [0.25, 0.3) is 0 Å². The first-order valence-corrected chi connectivity index (χ1v) is 8.01. The van der Waals surface area contributed by atoms with Crippen molar-refractivity contribution < 1.29 is 8.42 Å². The van der Waals surface area contributed by atoms with E-state index in [0.29, 0.717) is 12.2 Å². The Morgan fingerprint density at radius 2 is 1.90 bits per heavy atom. The second-order valence-corrected chi connectivity index (χ2v) is 6.51. The van der Waals surface area contributed by atoms with Gasteiger partial charge in [0, 0.05) is 6.04 Å². The molecule has 0 saturated carbocycles. The minimum Gasteiger partial charge on any atom is -0.332 e. The zero-order chi connectivity index (χ0) is 14.8. The molecule has 2 aromatic rings. The van der Waals surface area contributed by atoms with Crippen molar-refractivity contribution in [2.24, 2.45) is 0 Å². The molecule has 1 unspecified atom stereocenters. The van der Waals surface area contributed by atoms with Crippen LogP contribution in [0.1, 0.15) is 36.3 Å². The Kier molecular flexibility index (Phi) is 4.25. The van der Waals surface area contributed by atoms with Gasteiger partial charge in [0.2, 0.25) is 0 Å². The molecule has 0 fully saturated rings. The van der Waals surface area contributed by atoms with E-state index in [1.165, 1.54) is 6.20 Å². The van der Waals surface area contributed by atoms with Crippen molar-refractivity contribution in [3.05, 3.63) is 47.4 Å².